The molecule has 5 heteroatoms. The van der Waals surface area contributed by atoms with E-state index in [-0.39, 0.29) is 5.25 Å². The predicted molar refractivity (Wildman–Crippen MR) is 62.0 cm³/mol. The maximum Gasteiger partial charge on any atom is 0.213 e. The summed E-state index contributed by atoms with van der Waals surface area (Å²) in [5.41, 5.74) is 0. The first kappa shape index (κ1) is 12.9. The highest BCUT2D eigenvalue weighted by Gasteiger charge is 2.27. The fourth-order valence-electron chi connectivity index (χ4n) is 1.95. The van der Waals surface area contributed by atoms with Gasteiger partial charge in [-0.15, -0.1) is 0 Å². The second-order valence-corrected chi connectivity index (χ2v) is 6.71. The lowest BCUT2D eigenvalue weighted by atomic mass is 9.97. The molecular weight excluding hydrogens is 212 g/mol. The van der Waals surface area contributed by atoms with Crippen LogP contribution in [0.1, 0.15) is 39.5 Å². The summed E-state index contributed by atoms with van der Waals surface area (Å²) in [5.74, 6) is 0.711. The van der Waals surface area contributed by atoms with Gasteiger partial charge in [-0.05, 0) is 31.6 Å². The molecule has 2 unspecified atom stereocenters. The Labute approximate surface area is 92.7 Å². The lowest BCUT2D eigenvalue weighted by Crippen LogP contribution is -2.46. The van der Waals surface area contributed by atoms with Crippen molar-refractivity contribution in [3.63, 3.8) is 0 Å². The van der Waals surface area contributed by atoms with E-state index in [0.29, 0.717) is 24.9 Å². The largest absolute Gasteiger partial charge is 0.313 e. The molecule has 0 amide bonds. The van der Waals surface area contributed by atoms with Gasteiger partial charge in [0.25, 0.3) is 0 Å². The Bertz CT molecular complexity index is 280. The van der Waals surface area contributed by atoms with Crippen LogP contribution in [0.15, 0.2) is 0 Å². The van der Waals surface area contributed by atoms with Crippen LogP contribution >= 0.6 is 0 Å². The van der Waals surface area contributed by atoms with Crippen LogP contribution < -0.4 is 10.5 Å². The summed E-state index contributed by atoms with van der Waals surface area (Å²) in [4.78, 5) is 0. The van der Waals surface area contributed by atoms with Crippen molar-refractivity contribution in [3.05, 3.63) is 0 Å². The molecule has 0 saturated carbocycles. The van der Waals surface area contributed by atoms with Gasteiger partial charge in [0.15, 0.2) is 0 Å². The standard InChI is InChI=1S/C10H22N2O2S/c1-8(2)3-4-9-5-6-10(7-12-9)15(11,13)14/h8-10,12H,3-7H2,1-2H3,(H2,11,13,14). The molecule has 90 valence electrons. The summed E-state index contributed by atoms with van der Waals surface area (Å²) >= 11 is 0. The molecule has 0 spiro atoms. The zero-order valence-electron chi connectivity index (χ0n) is 9.57. The summed E-state index contributed by atoms with van der Waals surface area (Å²) in [6, 6.07) is 0.477. The van der Waals surface area contributed by atoms with Crippen molar-refractivity contribution < 1.29 is 8.42 Å². The molecule has 1 aliphatic rings. The van der Waals surface area contributed by atoms with Gasteiger partial charge in [-0.2, -0.15) is 0 Å². The summed E-state index contributed by atoms with van der Waals surface area (Å²) in [6.07, 6.45) is 3.95. The quantitative estimate of drug-likeness (QED) is 0.757. The number of sulfonamides is 1. The average Bonchev–Trinajstić information content (AvgIpc) is 2.14. The van der Waals surface area contributed by atoms with Crippen LogP contribution in [-0.4, -0.2) is 26.3 Å². The number of primary sulfonamides is 1. The summed E-state index contributed by atoms with van der Waals surface area (Å²) < 4.78 is 22.2. The molecule has 2 atom stereocenters. The first-order valence-corrected chi connectivity index (χ1v) is 7.25. The molecule has 0 bridgehead atoms. The minimum atomic E-state index is -3.34. The maximum absolute atomic E-state index is 11.1. The van der Waals surface area contributed by atoms with Gasteiger partial charge >= 0.3 is 0 Å². The van der Waals surface area contributed by atoms with Crippen molar-refractivity contribution in [1.29, 1.82) is 0 Å². The van der Waals surface area contributed by atoms with Crippen molar-refractivity contribution >= 4 is 10.0 Å². The number of nitrogens with two attached hydrogens (primary N) is 1. The number of piperidine rings is 1. The van der Waals surface area contributed by atoms with E-state index >= 15 is 0 Å². The number of rotatable bonds is 4. The highest BCUT2D eigenvalue weighted by atomic mass is 32.2. The zero-order chi connectivity index (χ0) is 11.5. The topological polar surface area (TPSA) is 72.2 Å². The van der Waals surface area contributed by atoms with Gasteiger partial charge in [-0.25, -0.2) is 13.6 Å². The van der Waals surface area contributed by atoms with Crippen LogP contribution in [0.3, 0.4) is 0 Å². The molecule has 1 aliphatic heterocycles. The molecule has 0 aromatic heterocycles. The fraction of sp³-hybridized carbons (Fsp3) is 1.00. The number of hydrogen-bond donors (Lipinski definition) is 2. The second-order valence-electron chi connectivity index (χ2n) is 4.86. The van der Waals surface area contributed by atoms with Crippen LogP contribution in [-0.2, 0) is 10.0 Å². The Morgan fingerprint density at radius 3 is 2.47 bits per heavy atom. The van der Waals surface area contributed by atoms with Crippen molar-refractivity contribution in [2.75, 3.05) is 6.54 Å². The maximum atomic E-state index is 11.1. The third-order valence-corrected chi connectivity index (χ3v) is 4.36. The highest BCUT2D eigenvalue weighted by Crippen LogP contribution is 2.18. The smallest absolute Gasteiger partial charge is 0.213 e. The fourth-order valence-corrected chi connectivity index (χ4v) is 2.74. The minimum Gasteiger partial charge on any atom is -0.313 e. The molecule has 4 nitrogen and oxygen atoms in total. The predicted octanol–water partition coefficient (Wildman–Crippen LogP) is 0.832. The highest BCUT2D eigenvalue weighted by molar-refractivity contribution is 7.89. The molecule has 0 aliphatic carbocycles. The third-order valence-electron chi connectivity index (χ3n) is 3.03. The van der Waals surface area contributed by atoms with Gasteiger partial charge < -0.3 is 5.32 Å². The van der Waals surface area contributed by atoms with Crippen LogP contribution in [0.4, 0.5) is 0 Å². The van der Waals surface area contributed by atoms with E-state index in [4.69, 9.17) is 5.14 Å². The molecule has 15 heavy (non-hydrogen) atoms. The molecule has 1 heterocycles. The first-order chi connectivity index (χ1) is 6.89. The normalized spacial score (nSPS) is 28.3. The first-order valence-electron chi connectivity index (χ1n) is 5.64. The van der Waals surface area contributed by atoms with Gasteiger partial charge in [0.2, 0.25) is 10.0 Å². The van der Waals surface area contributed by atoms with Crippen LogP contribution in [0, 0.1) is 5.92 Å². The van der Waals surface area contributed by atoms with Gasteiger partial charge in [-0.1, -0.05) is 13.8 Å². The lowest BCUT2D eigenvalue weighted by Gasteiger charge is -2.29. The molecule has 1 fully saturated rings. The lowest BCUT2D eigenvalue weighted by molar-refractivity contribution is 0.357. The van der Waals surface area contributed by atoms with Crippen LogP contribution in [0.2, 0.25) is 0 Å². The monoisotopic (exact) mass is 234 g/mol. The van der Waals surface area contributed by atoms with E-state index in [0.717, 1.165) is 12.8 Å². The van der Waals surface area contributed by atoms with Gasteiger partial charge in [0.05, 0.1) is 5.25 Å². The van der Waals surface area contributed by atoms with E-state index < -0.39 is 10.0 Å². The Morgan fingerprint density at radius 2 is 2.07 bits per heavy atom. The Morgan fingerprint density at radius 1 is 1.40 bits per heavy atom. The third kappa shape index (κ3) is 4.49. The average molecular weight is 234 g/mol. The minimum absolute atomic E-state index is 0.382. The van der Waals surface area contributed by atoms with Gasteiger partial charge in [-0.3, -0.25) is 0 Å². The van der Waals surface area contributed by atoms with Crippen molar-refractivity contribution in [1.82, 2.24) is 5.32 Å². The summed E-state index contributed by atoms with van der Waals surface area (Å²) in [6.45, 7) is 4.92. The summed E-state index contributed by atoms with van der Waals surface area (Å²) in [5, 5.41) is 8.00. The molecule has 1 rings (SSSR count). The van der Waals surface area contributed by atoms with Gasteiger partial charge in [0.1, 0.15) is 0 Å². The van der Waals surface area contributed by atoms with E-state index in [1.807, 2.05) is 0 Å². The van der Waals surface area contributed by atoms with Gasteiger partial charge in [0, 0.05) is 12.6 Å². The van der Waals surface area contributed by atoms with E-state index in [1.165, 1.54) is 6.42 Å². The molecule has 0 aromatic rings. The molecule has 3 N–H and O–H groups in total. The number of hydrogen-bond acceptors (Lipinski definition) is 3. The zero-order valence-corrected chi connectivity index (χ0v) is 10.4. The Balaban J connectivity index is 2.30. The van der Waals surface area contributed by atoms with Crippen molar-refractivity contribution in [2.24, 2.45) is 11.1 Å². The second kappa shape index (κ2) is 5.27. The van der Waals surface area contributed by atoms with E-state index in [9.17, 15) is 8.42 Å². The number of nitrogens with one attached hydrogen (secondary N) is 1. The Kier molecular flexibility index (Phi) is 4.55. The van der Waals surface area contributed by atoms with E-state index in [2.05, 4.69) is 19.2 Å². The molecule has 0 radical (unpaired) electrons. The molecule has 0 aromatic carbocycles. The Hall–Kier alpha value is -0.130. The van der Waals surface area contributed by atoms with Crippen molar-refractivity contribution in [3.8, 4) is 0 Å². The molecule has 1 saturated heterocycles. The van der Waals surface area contributed by atoms with E-state index in [1.54, 1.807) is 0 Å². The van der Waals surface area contributed by atoms with Crippen molar-refractivity contribution in [2.45, 2.75) is 50.8 Å². The SMILES string of the molecule is CC(C)CCC1CCC(S(N)(=O)=O)CN1. The summed E-state index contributed by atoms with van der Waals surface area (Å²) in [7, 11) is -3.34. The molecular formula is C10H22N2O2S. The van der Waals surface area contributed by atoms with Crippen LogP contribution in [0.25, 0.3) is 0 Å². The van der Waals surface area contributed by atoms with Crippen LogP contribution in [0.5, 0.6) is 0 Å².